The lowest BCUT2D eigenvalue weighted by Crippen LogP contribution is -2.58. The molecule has 3 fully saturated rings. The number of rotatable bonds is 3. The van der Waals surface area contributed by atoms with Gasteiger partial charge in [-0.05, 0) is 74.3 Å². The van der Waals surface area contributed by atoms with Crippen LogP contribution < -0.4 is 0 Å². The van der Waals surface area contributed by atoms with Gasteiger partial charge < -0.3 is 9.47 Å². The Labute approximate surface area is 194 Å². The second kappa shape index (κ2) is 6.94. The lowest BCUT2D eigenvalue weighted by Gasteiger charge is -2.58. The van der Waals surface area contributed by atoms with Crippen molar-refractivity contribution in [1.82, 2.24) is 0 Å². The lowest BCUT2D eigenvalue weighted by atomic mass is 9.47. The van der Waals surface area contributed by atoms with Gasteiger partial charge in [0.15, 0.2) is 11.4 Å². The van der Waals surface area contributed by atoms with Gasteiger partial charge in [-0.3, -0.25) is 14.4 Å². The van der Waals surface area contributed by atoms with Crippen LogP contribution in [0.4, 0.5) is 0 Å². The Kier molecular flexibility index (Phi) is 4.81. The van der Waals surface area contributed by atoms with E-state index in [1.165, 1.54) is 13.8 Å². The summed E-state index contributed by atoms with van der Waals surface area (Å²) in [5, 5.41) is 0.758. The summed E-state index contributed by atoms with van der Waals surface area (Å²) in [5.74, 6) is 1.04. The van der Waals surface area contributed by atoms with E-state index < -0.39 is 11.0 Å². The molecule has 3 unspecified atom stereocenters. The molecule has 0 bridgehead atoms. The average molecular weight is 461 g/mol. The molecule has 0 saturated heterocycles. The molecule has 5 aliphatic carbocycles. The molecule has 6 heteroatoms. The van der Waals surface area contributed by atoms with E-state index in [9.17, 15) is 14.4 Å². The van der Waals surface area contributed by atoms with Crippen LogP contribution in [0.15, 0.2) is 22.8 Å². The molecule has 174 valence electrons. The first kappa shape index (κ1) is 22.2. The van der Waals surface area contributed by atoms with E-state index in [1.807, 2.05) is 0 Å². The number of allylic oxidation sites excluding steroid dienone is 3. The van der Waals surface area contributed by atoms with Gasteiger partial charge in [0.05, 0.1) is 0 Å². The third-order valence-corrected chi connectivity index (χ3v) is 10.3. The van der Waals surface area contributed by atoms with Crippen LogP contribution in [0, 0.1) is 40.4 Å². The monoisotopic (exact) mass is 460 g/mol. The number of esters is 2. The molecule has 5 rings (SSSR count). The van der Waals surface area contributed by atoms with E-state index in [1.54, 1.807) is 6.92 Å². The number of ether oxygens (including phenoxy) is 2. The maximum atomic E-state index is 12.9. The van der Waals surface area contributed by atoms with Crippen LogP contribution in [0.1, 0.15) is 66.7 Å². The van der Waals surface area contributed by atoms with Crippen LogP contribution in [0.2, 0.25) is 0 Å². The zero-order chi connectivity index (χ0) is 23.2. The van der Waals surface area contributed by atoms with Gasteiger partial charge in [0.1, 0.15) is 6.10 Å². The first-order chi connectivity index (χ1) is 15.0. The fourth-order valence-corrected chi connectivity index (χ4v) is 8.92. The van der Waals surface area contributed by atoms with Crippen LogP contribution in [0.5, 0.6) is 0 Å². The van der Waals surface area contributed by atoms with Crippen LogP contribution in [0.3, 0.4) is 0 Å². The minimum absolute atomic E-state index is 0.0435. The van der Waals surface area contributed by atoms with Gasteiger partial charge in [-0.15, -0.1) is 0 Å². The van der Waals surface area contributed by atoms with Gasteiger partial charge in [0.2, 0.25) is 0 Å². The highest BCUT2D eigenvalue weighted by molar-refractivity contribution is 6.32. The first-order valence-corrected chi connectivity index (χ1v) is 12.3. The molecular weight excluding hydrogens is 428 g/mol. The fraction of sp³-hybridized carbons (Fsp3) is 0.731. The second-order valence-electron chi connectivity index (χ2n) is 11.2. The molecule has 9 atom stereocenters. The standard InChI is InChI=1S/C26H33ClO5/c1-13(28)26(32-15(3)30)9-7-18-16-11-22(27)21-12-23(31-14(2)29)17-10-20(17)25(21,5)19(16)6-8-24(18,26)4/h11-12,16-20,23H,6-10H2,1-5H3/t16-,17?,18-,19+,20?,23?,24-,25+,26+/m0/s1. The largest absolute Gasteiger partial charge is 0.458 e. The van der Waals surface area contributed by atoms with Crippen molar-refractivity contribution in [3.63, 3.8) is 0 Å². The van der Waals surface area contributed by atoms with E-state index in [2.05, 4.69) is 26.0 Å². The lowest BCUT2D eigenvalue weighted by molar-refractivity contribution is -0.185. The zero-order valence-corrected chi connectivity index (χ0v) is 20.3. The predicted octanol–water partition coefficient (Wildman–Crippen LogP) is 4.97. The molecule has 0 amide bonds. The quantitative estimate of drug-likeness (QED) is 0.556. The number of carbonyl (C=O) groups is 3. The minimum atomic E-state index is -1.04. The first-order valence-electron chi connectivity index (χ1n) is 11.9. The Morgan fingerprint density at radius 1 is 0.969 bits per heavy atom. The summed E-state index contributed by atoms with van der Waals surface area (Å²) in [4.78, 5) is 36.5. The van der Waals surface area contributed by atoms with Crippen molar-refractivity contribution in [2.45, 2.75) is 78.4 Å². The van der Waals surface area contributed by atoms with E-state index in [4.69, 9.17) is 21.1 Å². The Morgan fingerprint density at radius 2 is 1.66 bits per heavy atom. The highest BCUT2D eigenvalue weighted by Crippen LogP contribution is 2.73. The van der Waals surface area contributed by atoms with Crippen molar-refractivity contribution in [3.8, 4) is 0 Å². The number of fused-ring (bicyclic) bond motifs is 7. The Balaban J connectivity index is 1.55. The summed E-state index contributed by atoms with van der Waals surface area (Å²) < 4.78 is 11.5. The van der Waals surface area contributed by atoms with Crippen LogP contribution in [-0.4, -0.2) is 29.4 Å². The Bertz CT molecular complexity index is 967. The molecule has 0 aromatic carbocycles. The molecular formula is C26H33ClO5. The third-order valence-electron chi connectivity index (χ3n) is 9.95. The number of carbonyl (C=O) groups excluding carboxylic acids is 3. The minimum Gasteiger partial charge on any atom is -0.458 e. The number of ketones is 1. The molecule has 3 saturated carbocycles. The molecule has 0 N–H and O–H groups in total. The summed E-state index contributed by atoms with van der Waals surface area (Å²) >= 11 is 6.94. The van der Waals surface area contributed by atoms with Gasteiger partial charge in [0, 0.05) is 35.6 Å². The number of Topliss-reactive ketones (excluding diaryl/α,β-unsaturated/α-hetero) is 1. The van der Waals surface area contributed by atoms with E-state index >= 15 is 0 Å². The van der Waals surface area contributed by atoms with Crippen molar-refractivity contribution in [2.24, 2.45) is 40.4 Å². The highest BCUT2D eigenvalue weighted by atomic mass is 35.5. The van der Waals surface area contributed by atoms with Crippen LogP contribution in [-0.2, 0) is 23.9 Å². The molecule has 5 nitrogen and oxygen atoms in total. The number of halogens is 1. The summed E-state index contributed by atoms with van der Waals surface area (Å²) in [5.41, 5.74) is -0.359. The summed E-state index contributed by atoms with van der Waals surface area (Å²) in [7, 11) is 0. The van der Waals surface area contributed by atoms with Gasteiger partial charge >= 0.3 is 11.9 Å². The van der Waals surface area contributed by atoms with Gasteiger partial charge in [-0.1, -0.05) is 31.5 Å². The van der Waals surface area contributed by atoms with Crippen molar-refractivity contribution in [1.29, 1.82) is 0 Å². The fourth-order valence-electron chi connectivity index (χ4n) is 8.51. The van der Waals surface area contributed by atoms with E-state index in [-0.39, 0.29) is 41.1 Å². The molecule has 0 aromatic rings. The van der Waals surface area contributed by atoms with Crippen molar-refractivity contribution in [2.75, 3.05) is 0 Å². The molecule has 0 aromatic heterocycles. The van der Waals surface area contributed by atoms with Crippen molar-refractivity contribution >= 4 is 29.3 Å². The zero-order valence-electron chi connectivity index (χ0n) is 19.6. The Morgan fingerprint density at radius 3 is 2.28 bits per heavy atom. The normalized spacial score (nSPS) is 48.2. The van der Waals surface area contributed by atoms with E-state index in [0.717, 1.165) is 36.3 Å². The number of hydrogen-bond acceptors (Lipinski definition) is 5. The molecule has 0 aliphatic heterocycles. The number of hydrogen-bond donors (Lipinski definition) is 0. The SMILES string of the molecule is CC(=O)OC1C=C2C(Cl)=C[C@@H]3[C@@H](CC[C@@]4(C)[C@H]3CC[C@@]4(OC(C)=O)C(C)=O)[C@]2(C)C2CC12. The average Bonchev–Trinajstić information content (AvgIpc) is 3.44. The topological polar surface area (TPSA) is 69.7 Å². The van der Waals surface area contributed by atoms with Gasteiger partial charge in [0.25, 0.3) is 0 Å². The van der Waals surface area contributed by atoms with Gasteiger partial charge in [-0.25, -0.2) is 0 Å². The van der Waals surface area contributed by atoms with Crippen molar-refractivity contribution < 1.29 is 23.9 Å². The molecule has 0 radical (unpaired) electrons. The summed E-state index contributed by atoms with van der Waals surface area (Å²) in [6.07, 6.45) is 8.41. The van der Waals surface area contributed by atoms with E-state index in [0.29, 0.717) is 24.2 Å². The smallest absolute Gasteiger partial charge is 0.303 e. The van der Waals surface area contributed by atoms with Crippen molar-refractivity contribution in [3.05, 3.63) is 22.8 Å². The molecule has 0 heterocycles. The maximum absolute atomic E-state index is 12.9. The molecule has 32 heavy (non-hydrogen) atoms. The van der Waals surface area contributed by atoms with Crippen LogP contribution in [0.25, 0.3) is 0 Å². The summed E-state index contributed by atoms with van der Waals surface area (Å²) in [6.45, 7) is 8.93. The predicted molar refractivity (Wildman–Crippen MR) is 120 cm³/mol. The van der Waals surface area contributed by atoms with Crippen LogP contribution >= 0.6 is 11.6 Å². The highest BCUT2D eigenvalue weighted by Gasteiger charge is 2.70. The van der Waals surface area contributed by atoms with Gasteiger partial charge in [-0.2, -0.15) is 0 Å². The second-order valence-corrected chi connectivity index (χ2v) is 11.6. The Hall–Kier alpha value is -1.62. The maximum Gasteiger partial charge on any atom is 0.303 e. The molecule has 0 spiro atoms. The summed E-state index contributed by atoms with van der Waals surface area (Å²) in [6, 6.07) is 0. The molecule has 5 aliphatic rings. The third kappa shape index (κ3) is 2.72.